The van der Waals surface area contributed by atoms with Gasteiger partial charge in [0.2, 0.25) is 0 Å². The van der Waals surface area contributed by atoms with Crippen LogP contribution in [0.1, 0.15) is 29.3 Å². The SMILES string of the molecule is CCCOc1c(I)cc(/C=C(/NC(=O)c2ccccc2)C(=O)O)cc1OC. The standard InChI is InChI=1S/C20H20INO5/c1-3-9-27-18-15(21)10-13(12-17(18)26-2)11-16(20(24)25)22-19(23)14-7-5-4-6-8-14/h4-8,10-12H,3,9H2,1-2H3,(H,22,23)(H,24,25)/b16-11+. The van der Waals surface area contributed by atoms with Crippen LogP contribution in [0.2, 0.25) is 0 Å². The van der Waals surface area contributed by atoms with Crippen LogP contribution in [0, 0.1) is 3.57 Å². The van der Waals surface area contributed by atoms with Gasteiger partial charge in [-0.15, -0.1) is 0 Å². The van der Waals surface area contributed by atoms with E-state index in [-0.39, 0.29) is 5.70 Å². The summed E-state index contributed by atoms with van der Waals surface area (Å²) in [6.45, 7) is 2.56. The van der Waals surface area contributed by atoms with E-state index in [1.165, 1.54) is 13.2 Å². The van der Waals surface area contributed by atoms with Crippen molar-refractivity contribution in [3.63, 3.8) is 0 Å². The maximum Gasteiger partial charge on any atom is 0.352 e. The number of carbonyl (C=O) groups is 2. The van der Waals surface area contributed by atoms with Crippen LogP contribution in [-0.4, -0.2) is 30.7 Å². The highest BCUT2D eigenvalue weighted by molar-refractivity contribution is 14.1. The van der Waals surface area contributed by atoms with Gasteiger partial charge in [-0.3, -0.25) is 4.79 Å². The fourth-order valence-electron chi connectivity index (χ4n) is 2.27. The molecule has 0 saturated carbocycles. The normalized spacial score (nSPS) is 11.0. The zero-order chi connectivity index (χ0) is 19.8. The molecule has 2 rings (SSSR count). The van der Waals surface area contributed by atoms with Crippen LogP contribution < -0.4 is 14.8 Å². The lowest BCUT2D eigenvalue weighted by molar-refractivity contribution is -0.132. The number of hydrogen-bond donors (Lipinski definition) is 2. The molecule has 142 valence electrons. The number of halogens is 1. The summed E-state index contributed by atoms with van der Waals surface area (Å²) in [6.07, 6.45) is 2.24. The molecule has 0 bridgehead atoms. The van der Waals surface area contributed by atoms with Crippen LogP contribution in [-0.2, 0) is 4.79 Å². The number of benzene rings is 2. The van der Waals surface area contributed by atoms with Gasteiger partial charge in [-0.25, -0.2) is 4.79 Å². The van der Waals surface area contributed by atoms with Crippen molar-refractivity contribution in [3.05, 3.63) is 62.9 Å². The van der Waals surface area contributed by atoms with E-state index < -0.39 is 11.9 Å². The number of carboxylic acids is 1. The quantitative estimate of drug-likeness (QED) is 0.441. The summed E-state index contributed by atoms with van der Waals surface area (Å²) in [5.41, 5.74) is 0.718. The number of nitrogens with one attached hydrogen (secondary N) is 1. The number of aliphatic carboxylic acids is 1. The molecule has 6 nitrogen and oxygen atoms in total. The van der Waals surface area contributed by atoms with E-state index in [0.717, 1.165) is 9.99 Å². The molecule has 0 spiro atoms. The van der Waals surface area contributed by atoms with Gasteiger partial charge in [0.15, 0.2) is 11.5 Å². The molecule has 0 aliphatic rings. The highest BCUT2D eigenvalue weighted by Crippen LogP contribution is 2.34. The van der Waals surface area contributed by atoms with Crippen LogP contribution in [0.4, 0.5) is 0 Å². The highest BCUT2D eigenvalue weighted by atomic mass is 127. The maximum atomic E-state index is 12.3. The third-order valence-electron chi connectivity index (χ3n) is 3.53. The topological polar surface area (TPSA) is 84.9 Å². The minimum absolute atomic E-state index is 0.232. The van der Waals surface area contributed by atoms with E-state index in [9.17, 15) is 14.7 Å². The lowest BCUT2D eigenvalue weighted by Crippen LogP contribution is -2.27. The summed E-state index contributed by atoms with van der Waals surface area (Å²) in [6, 6.07) is 11.9. The predicted octanol–water partition coefficient (Wildman–Crippen LogP) is 3.94. The largest absolute Gasteiger partial charge is 0.493 e. The molecular weight excluding hydrogens is 461 g/mol. The fourth-order valence-corrected chi connectivity index (χ4v) is 3.05. The van der Waals surface area contributed by atoms with E-state index >= 15 is 0 Å². The number of methoxy groups -OCH3 is 1. The summed E-state index contributed by atoms with van der Waals surface area (Å²) < 4.78 is 11.8. The summed E-state index contributed by atoms with van der Waals surface area (Å²) in [5, 5.41) is 11.9. The third kappa shape index (κ3) is 5.72. The van der Waals surface area contributed by atoms with Crippen molar-refractivity contribution in [2.75, 3.05) is 13.7 Å². The molecule has 2 aromatic carbocycles. The number of amides is 1. The molecule has 0 unspecified atom stereocenters. The molecular formula is C20H20INO5. The molecule has 7 heteroatoms. The summed E-state index contributed by atoms with van der Waals surface area (Å²) in [4.78, 5) is 23.8. The Hall–Kier alpha value is -2.55. The summed E-state index contributed by atoms with van der Waals surface area (Å²) in [5.74, 6) is -0.614. The maximum absolute atomic E-state index is 12.3. The second-order valence-corrected chi connectivity index (χ2v) is 6.73. The molecule has 0 atom stereocenters. The molecule has 2 N–H and O–H groups in total. The van der Waals surface area contributed by atoms with Gasteiger partial charge in [0.1, 0.15) is 5.70 Å². The molecule has 2 aromatic rings. The molecule has 0 heterocycles. The first kappa shape index (κ1) is 20.8. The smallest absolute Gasteiger partial charge is 0.352 e. The molecule has 0 aliphatic carbocycles. The minimum Gasteiger partial charge on any atom is -0.493 e. The Kier molecular flexibility index (Phi) is 7.66. The van der Waals surface area contributed by atoms with Gasteiger partial charge in [0.05, 0.1) is 17.3 Å². The van der Waals surface area contributed by atoms with Crippen LogP contribution >= 0.6 is 22.6 Å². The van der Waals surface area contributed by atoms with Gasteiger partial charge in [0, 0.05) is 5.56 Å². The van der Waals surface area contributed by atoms with E-state index in [1.54, 1.807) is 42.5 Å². The minimum atomic E-state index is -1.24. The number of carbonyl (C=O) groups excluding carboxylic acids is 1. The van der Waals surface area contributed by atoms with Gasteiger partial charge in [0.25, 0.3) is 5.91 Å². The van der Waals surface area contributed by atoms with Gasteiger partial charge in [-0.05, 0) is 64.9 Å². The van der Waals surface area contributed by atoms with Gasteiger partial charge in [-0.1, -0.05) is 25.1 Å². The molecule has 1 amide bonds. The van der Waals surface area contributed by atoms with Crippen molar-refractivity contribution in [1.82, 2.24) is 5.32 Å². The molecule has 27 heavy (non-hydrogen) atoms. The molecule has 0 aliphatic heterocycles. The highest BCUT2D eigenvalue weighted by Gasteiger charge is 2.15. The number of hydrogen-bond acceptors (Lipinski definition) is 4. The Balaban J connectivity index is 2.33. The van der Waals surface area contributed by atoms with Crippen LogP contribution in [0.25, 0.3) is 6.08 Å². The van der Waals surface area contributed by atoms with Crippen molar-refractivity contribution in [3.8, 4) is 11.5 Å². The van der Waals surface area contributed by atoms with Crippen molar-refractivity contribution in [1.29, 1.82) is 0 Å². The third-order valence-corrected chi connectivity index (χ3v) is 4.33. The van der Waals surface area contributed by atoms with Crippen molar-refractivity contribution >= 4 is 40.5 Å². The monoisotopic (exact) mass is 481 g/mol. The van der Waals surface area contributed by atoms with E-state index in [0.29, 0.717) is 29.2 Å². The lowest BCUT2D eigenvalue weighted by Gasteiger charge is -2.13. The van der Waals surface area contributed by atoms with E-state index in [1.807, 2.05) is 6.92 Å². The first-order chi connectivity index (χ1) is 13.0. The first-order valence-electron chi connectivity index (χ1n) is 8.28. The number of rotatable bonds is 8. The lowest BCUT2D eigenvalue weighted by atomic mass is 10.1. The molecule has 0 aromatic heterocycles. The fraction of sp³-hybridized carbons (Fsp3) is 0.200. The second kappa shape index (κ2) is 9.96. The summed E-state index contributed by atoms with van der Waals surface area (Å²) in [7, 11) is 1.52. The van der Waals surface area contributed by atoms with Crippen LogP contribution in [0.3, 0.4) is 0 Å². The Bertz CT molecular complexity index is 849. The second-order valence-electron chi connectivity index (χ2n) is 5.57. The number of ether oxygens (including phenoxy) is 2. The molecule has 0 fully saturated rings. The Morgan fingerprint density at radius 1 is 1.22 bits per heavy atom. The average Bonchev–Trinajstić information content (AvgIpc) is 2.66. The average molecular weight is 481 g/mol. The zero-order valence-electron chi connectivity index (χ0n) is 15.0. The zero-order valence-corrected chi connectivity index (χ0v) is 17.1. The van der Waals surface area contributed by atoms with Crippen LogP contribution in [0.5, 0.6) is 11.5 Å². The first-order valence-corrected chi connectivity index (χ1v) is 9.35. The van der Waals surface area contributed by atoms with Gasteiger partial charge < -0.3 is 19.9 Å². The Labute approximate surface area is 171 Å². The summed E-state index contributed by atoms with van der Waals surface area (Å²) >= 11 is 2.10. The van der Waals surface area contributed by atoms with Gasteiger partial charge >= 0.3 is 5.97 Å². The Morgan fingerprint density at radius 2 is 1.93 bits per heavy atom. The van der Waals surface area contributed by atoms with Crippen molar-refractivity contribution in [2.24, 2.45) is 0 Å². The molecule has 0 saturated heterocycles. The van der Waals surface area contributed by atoms with Crippen molar-refractivity contribution in [2.45, 2.75) is 13.3 Å². The van der Waals surface area contributed by atoms with Crippen LogP contribution in [0.15, 0.2) is 48.2 Å². The molecule has 0 radical (unpaired) electrons. The predicted molar refractivity (Wildman–Crippen MR) is 111 cm³/mol. The van der Waals surface area contributed by atoms with Gasteiger partial charge in [-0.2, -0.15) is 0 Å². The van der Waals surface area contributed by atoms with E-state index in [2.05, 4.69) is 27.9 Å². The number of carboxylic acid groups (broad SMARTS) is 1. The van der Waals surface area contributed by atoms with E-state index in [4.69, 9.17) is 9.47 Å². The Morgan fingerprint density at radius 3 is 2.52 bits per heavy atom. The van der Waals surface area contributed by atoms with Crippen molar-refractivity contribution < 1.29 is 24.2 Å².